The van der Waals surface area contributed by atoms with Crippen LogP contribution in [0, 0.1) is 5.92 Å². The predicted molar refractivity (Wildman–Crippen MR) is 149 cm³/mol. The number of halogens is 2. The summed E-state index contributed by atoms with van der Waals surface area (Å²) in [6, 6.07) is 6.51. The van der Waals surface area contributed by atoms with E-state index in [-0.39, 0.29) is 0 Å². The Hall–Kier alpha value is -0.520. The molecule has 0 saturated carbocycles. The standard InChI is InChI=1S/C28H40Br2O2S/c1-3-5-7-9-10-12-14-16-21(15-13-11-8-6-4-2)19-22-17-18-23-24(20-22)32-26-25(31-23)27(29)33-28(26)30/h17-18,20-21H,3-16,19H2,1-2H3. The molecule has 3 rings (SSSR count). The molecule has 1 aromatic carbocycles. The third-order valence-corrected chi connectivity index (χ3v) is 9.05. The number of hydrogen-bond acceptors (Lipinski definition) is 3. The Kier molecular flexibility index (Phi) is 12.1. The first-order valence-corrected chi connectivity index (χ1v) is 15.5. The fraction of sp³-hybridized carbons (Fsp3) is 0.643. The zero-order chi connectivity index (χ0) is 23.5. The van der Waals surface area contributed by atoms with Gasteiger partial charge in [0.25, 0.3) is 0 Å². The van der Waals surface area contributed by atoms with Crippen LogP contribution in [0.2, 0.25) is 0 Å². The summed E-state index contributed by atoms with van der Waals surface area (Å²) in [5.41, 5.74) is 1.37. The Balaban J connectivity index is 1.55. The van der Waals surface area contributed by atoms with Crippen LogP contribution < -0.4 is 9.47 Å². The fourth-order valence-corrected chi connectivity index (χ4v) is 7.45. The van der Waals surface area contributed by atoms with Crippen molar-refractivity contribution in [2.24, 2.45) is 5.92 Å². The second-order valence-electron chi connectivity index (χ2n) is 9.48. The minimum atomic E-state index is 0.766. The van der Waals surface area contributed by atoms with Crippen LogP contribution in [-0.4, -0.2) is 0 Å². The lowest BCUT2D eigenvalue weighted by atomic mass is 9.88. The van der Waals surface area contributed by atoms with E-state index in [1.807, 2.05) is 0 Å². The SMILES string of the molecule is CCCCCCCCCC(CCCCCCC)Cc1ccc2c(c1)Oc1c(Br)sc(Br)c1O2. The number of benzene rings is 1. The predicted octanol–water partition coefficient (Wildman–Crippen LogP) is 11.8. The zero-order valence-electron chi connectivity index (χ0n) is 20.4. The minimum absolute atomic E-state index is 0.766. The molecule has 1 aliphatic rings. The van der Waals surface area contributed by atoms with Crippen LogP contribution in [0.3, 0.4) is 0 Å². The first-order chi connectivity index (χ1) is 16.1. The van der Waals surface area contributed by atoms with E-state index in [1.54, 1.807) is 11.3 Å². The van der Waals surface area contributed by atoms with Crippen molar-refractivity contribution >= 4 is 43.2 Å². The van der Waals surface area contributed by atoms with E-state index < -0.39 is 0 Å². The third-order valence-electron chi connectivity index (χ3n) is 6.63. The average molecular weight is 601 g/mol. The summed E-state index contributed by atoms with van der Waals surface area (Å²) in [6.07, 6.45) is 20.4. The lowest BCUT2D eigenvalue weighted by molar-refractivity contribution is 0.358. The van der Waals surface area contributed by atoms with Gasteiger partial charge in [-0.15, -0.1) is 11.3 Å². The van der Waals surface area contributed by atoms with Crippen LogP contribution in [0.4, 0.5) is 0 Å². The van der Waals surface area contributed by atoms with Crippen molar-refractivity contribution in [3.63, 3.8) is 0 Å². The van der Waals surface area contributed by atoms with Gasteiger partial charge in [0.05, 0.1) is 0 Å². The van der Waals surface area contributed by atoms with Gasteiger partial charge in [0, 0.05) is 0 Å². The van der Waals surface area contributed by atoms with E-state index >= 15 is 0 Å². The molecular formula is C28H40Br2O2S. The van der Waals surface area contributed by atoms with Crippen LogP contribution in [0.25, 0.3) is 0 Å². The monoisotopic (exact) mass is 598 g/mol. The molecule has 0 radical (unpaired) electrons. The number of rotatable bonds is 16. The molecule has 0 saturated heterocycles. The molecule has 33 heavy (non-hydrogen) atoms. The van der Waals surface area contributed by atoms with Crippen LogP contribution in [-0.2, 0) is 6.42 Å². The lowest BCUT2D eigenvalue weighted by Crippen LogP contribution is -2.06. The fourth-order valence-electron chi connectivity index (χ4n) is 4.69. The van der Waals surface area contributed by atoms with Gasteiger partial charge in [0.2, 0.25) is 0 Å². The van der Waals surface area contributed by atoms with E-state index in [9.17, 15) is 0 Å². The molecule has 1 aliphatic heterocycles. The Bertz CT molecular complexity index is 849. The van der Waals surface area contributed by atoms with E-state index in [1.165, 1.54) is 95.5 Å². The summed E-state index contributed by atoms with van der Waals surface area (Å²) < 4.78 is 14.3. The number of fused-ring (bicyclic) bond motifs is 2. The molecule has 0 fully saturated rings. The second kappa shape index (κ2) is 14.8. The quantitative estimate of drug-likeness (QED) is 0.152. The van der Waals surface area contributed by atoms with Crippen molar-refractivity contribution < 1.29 is 9.47 Å². The average Bonchev–Trinajstić information content (AvgIpc) is 3.09. The van der Waals surface area contributed by atoms with Crippen LogP contribution in [0.1, 0.15) is 109 Å². The number of ether oxygens (including phenoxy) is 2. The van der Waals surface area contributed by atoms with Gasteiger partial charge in [-0.3, -0.25) is 0 Å². The summed E-state index contributed by atoms with van der Waals surface area (Å²) in [7, 11) is 0. The smallest absolute Gasteiger partial charge is 0.196 e. The van der Waals surface area contributed by atoms with Gasteiger partial charge in [-0.1, -0.05) is 110 Å². The molecule has 0 spiro atoms. The molecule has 0 aliphatic carbocycles. The molecule has 1 atom stereocenters. The largest absolute Gasteiger partial charge is 0.447 e. The molecule has 2 aromatic rings. The zero-order valence-corrected chi connectivity index (χ0v) is 24.4. The summed E-state index contributed by atoms with van der Waals surface area (Å²) in [4.78, 5) is 0. The van der Waals surface area contributed by atoms with Gasteiger partial charge in [0.1, 0.15) is 7.57 Å². The van der Waals surface area contributed by atoms with Gasteiger partial charge in [-0.05, 0) is 61.9 Å². The topological polar surface area (TPSA) is 18.5 Å². The molecule has 0 N–H and O–H groups in total. The van der Waals surface area contributed by atoms with Crippen LogP contribution in [0.5, 0.6) is 23.0 Å². The van der Waals surface area contributed by atoms with E-state index in [2.05, 4.69) is 63.9 Å². The number of hydrogen-bond donors (Lipinski definition) is 0. The molecule has 184 valence electrons. The summed E-state index contributed by atoms with van der Waals surface area (Å²) >= 11 is 8.76. The molecular weight excluding hydrogens is 560 g/mol. The normalized spacial score (nSPS) is 13.2. The highest BCUT2D eigenvalue weighted by molar-refractivity contribution is 9.12. The first-order valence-electron chi connectivity index (χ1n) is 13.1. The molecule has 0 bridgehead atoms. The van der Waals surface area contributed by atoms with Gasteiger partial charge >= 0.3 is 0 Å². The van der Waals surface area contributed by atoms with E-state index in [4.69, 9.17) is 9.47 Å². The Morgan fingerprint density at radius 1 is 0.697 bits per heavy atom. The van der Waals surface area contributed by atoms with Gasteiger partial charge < -0.3 is 9.47 Å². The van der Waals surface area contributed by atoms with Crippen molar-refractivity contribution in [3.05, 3.63) is 31.3 Å². The summed E-state index contributed by atoms with van der Waals surface area (Å²) in [6.45, 7) is 4.58. The Morgan fingerprint density at radius 3 is 1.79 bits per heavy atom. The summed E-state index contributed by atoms with van der Waals surface area (Å²) in [5, 5.41) is 0. The molecule has 1 unspecified atom stereocenters. The van der Waals surface area contributed by atoms with Crippen molar-refractivity contribution in [1.29, 1.82) is 0 Å². The van der Waals surface area contributed by atoms with Crippen molar-refractivity contribution in [2.45, 2.75) is 110 Å². The highest BCUT2D eigenvalue weighted by Crippen LogP contribution is 2.56. The van der Waals surface area contributed by atoms with Crippen molar-refractivity contribution in [2.75, 3.05) is 0 Å². The van der Waals surface area contributed by atoms with Crippen molar-refractivity contribution in [1.82, 2.24) is 0 Å². The summed E-state index contributed by atoms with van der Waals surface area (Å²) in [5.74, 6) is 3.97. The lowest BCUT2D eigenvalue weighted by Gasteiger charge is -2.21. The second-order valence-corrected chi connectivity index (χ2v) is 13.1. The van der Waals surface area contributed by atoms with Gasteiger partial charge in [0.15, 0.2) is 23.0 Å². The van der Waals surface area contributed by atoms with E-state index in [0.717, 1.165) is 42.9 Å². The number of unbranched alkanes of at least 4 members (excludes halogenated alkanes) is 10. The minimum Gasteiger partial charge on any atom is -0.447 e. The van der Waals surface area contributed by atoms with Crippen molar-refractivity contribution in [3.8, 4) is 23.0 Å². The molecule has 0 amide bonds. The highest BCUT2D eigenvalue weighted by Gasteiger charge is 2.26. The van der Waals surface area contributed by atoms with Gasteiger partial charge in [-0.25, -0.2) is 0 Å². The van der Waals surface area contributed by atoms with Crippen LogP contribution >= 0.6 is 43.2 Å². The molecule has 2 nitrogen and oxygen atoms in total. The Morgan fingerprint density at radius 2 is 1.21 bits per heavy atom. The molecule has 5 heteroatoms. The Labute approximate surface area is 222 Å². The third kappa shape index (κ3) is 8.58. The van der Waals surface area contributed by atoms with Gasteiger partial charge in [-0.2, -0.15) is 0 Å². The maximum absolute atomic E-state index is 6.23. The maximum atomic E-state index is 6.23. The maximum Gasteiger partial charge on any atom is 0.196 e. The number of thiophene rings is 1. The highest BCUT2D eigenvalue weighted by atomic mass is 79.9. The van der Waals surface area contributed by atoms with E-state index in [0.29, 0.717) is 0 Å². The first kappa shape index (κ1) is 27.1. The van der Waals surface area contributed by atoms with Crippen LogP contribution in [0.15, 0.2) is 25.8 Å². The molecule has 2 heterocycles. The molecule has 1 aromatic heterocycles.